The van der Waals surface area contributed by atoms with Crippen LogP contribution in [0.4, 0.5) is 17.1 Å². The summed E-state index contributed by atoms with van der Waals surface area (Å²) < 4.78 is 22.7. The number of nitrogens with one attached hydrogen (secondary N) is 2. The van der Waals surface area contributed by atoms with Crippen LogP contribution in [0.2, 0.25) is 0 Å². The molecule has 1 fully saturated rings. The molecule has 1 aliphatic rings. The van der Waals surface area contributed by atoms with Crippen molar-refractivity contribution in [1.82, 2.24) is 0 Å². The molecule has 0 heterocycles. The summed E-state index contributed by atoms with van der Waals surface area (Å²) in [6.45, 7) is 3.05. The highest BCUT2D eigenvalue weighted by molar-refractivity contribution is 7.80. The van der Waals surface area contributed by atoms with Crippen molar-refractivity contribution >= 4 is 28.3 Å². The van der Waals surface area contributed by atoms with Crippen molar-refractivity contribution in [2.75, 3.05) is 21.5 Å². The molecule has 1 unspecified atom stereocenters. The average molecular weight is 388 g/mol. The maximum absolute atomic E-state index is 11.6. The third-order valence-corrected chi connectivity index (χ3v) is 5.90. The zero-order valence-electron chi connectivity index (χ0n) is 15.9. The highest BCUT2D eigenvalue weighted by Crippen LogP contribution is 2.31. The Labute approximate surface area is 164 Å². The lowest BCUT2D eigenvalue weighted by Gasteiger charge is -2.26. The normalized spacial score (nSPS) is 15.9. The van der Waals surface area contributed by atoms with Gasteiger partial charge >= 0.3 is 0 Å². The molecule has 0 spiro atoms. The van der Waals surface area contributed by atoms with E-state index in [2.05, 4.69) is 22.8 Å². The molecule has 3 N–H and O–H groups in total. The molecule has 2 aromatic rings. The number of benzene rings is 2. The van der Waals surface area contributed by atoms with Crippen LogP contribution in [0.1, 0.15) is 44.6 Å². The van der Waals surface area contributed by atoms with Crippen LogP contribution in [0.3, 0.4) is 0 Å². The van der Waals surface area contributed by atoms with Crippen LogP contribution < -0.4 is 14.9 Å². The Morgan fingerprint density at radius 1 is 1.07 bits per heavy atom. The lowest BCUT2D eigenvalue weighted by molar-refractivity contribution is 0.463. The van der Waals surface area contributed by atoms with Gasteiger partial charge in [0.25, 0.3) is 11.3 Å². The molecule has 2 aromatic carbocycles. The van der Waals surface area contributed by atoms with Gasteiger partial charge < -0.3 is 10.6 Å². The van der Waals surface area contributed by atoms with Gasteiger partial charge in [0.2, 0.25) is 0 Å². The van der Waals surface area contributed by atoms with Gasteiger partial charge in [0.15, 0.2) is 0 Å². The first-order valence-corrected chi connectivity index (χ1v) is 10.8. The van der Waals surface area contributed by atoms with E-state index in [-0.39, 0.29) is 0 Å². The van der Waals surface area contributed by atoms with Gasteiger partial charge in [0.05, 0.1) is 17.1 Å². The minimum atomic E-state index is -2.03. The first-order chi connectivity index (χ1) is 13.2. The molecule has 0 bridgehead atoms. The first kappa shape index (κ1) is 19.7. The van der Waals surface area contributed by atoms with Gasteiger partial charge in [-0.25, -0.2) is 4.21 Å². The first-order valence-electron chi connectivity index (χ1n) is 9.74. The third kappa shape index (κ3) is 5.47. The van der Waals surface area contributed by atoms with Crippen LogP contribution in [0, 0.1) is 0 Å². The zero-order chi connectivity index (χ0) is 19.1. The number of hydrogen-bond donors (Lipinski definition) is 3. The van der Waals surface area contributed by atoms with E-state index >= 15 is 0 Å². The lowest BCUT2D eigenvalue weighted by atomic mass is 9.95. The van der Waals surface area contributed by atoms with Crippen LogP contribution in [0.5, 0.6) is 0 Å². The predicted molar refractivity (Wildman–Crippen MR) is 114 cm³/mol. The Morgan fingerprint density at radius 2 is 1.81 bits per heavy atom. The maximum Gasteiger partial charge on any atom is 0.261 e. The van der Waals surface area contributed by atoms with Crippen LogP contribution in [-0.4, -0.2) is 21.3 Å². The second-order valence-corrected chi connectivity index (χ2v) is 7.88. The second kappa shape index (κ2) is 9.76. The molecule has 1 aliphatic carbocycles. The summed E-state index contributed by atoms with van der Waals surface area (Å²) in [5.41, 5.74) is 3.96. The Balaban J connectivity index is 1.82. The predicted octanol–water partition coefficient (Wildman–Crippen LogP) is 5.01. The van der Waals surface area contributed by atoms with Crippen LogP contribution in [0.15, 0.2) is 48.5 Å². The molecule has 0 saturated heterocycles. The lowest BCUT2D eigenvalue weighted by Crippen LogP contribution is -2.25. The molecule has 0 amide bonds. The van der Waals surface area contributed by atoms with Gasteiger partial charge in [-0.3, -0.25) is 8.86 Å². The van der Waals surface area contributed by atoms with E-state index in [1.165, 1.54) is 42.0 Å². The number of nitrogens with zero attached hydrogens (tertiary/aromatic N) is 1. The summed E-state index contributed by atoms with van der Waals surface area (Å²) in [4.78, 5) is 0. The number of rotatable bonds is 8. The van der Waals surface area contributed by atoms with Crippen molar-refractivity contribution in [3.8, 4) is 0 Å². The van der Waals surface area contributed by atoms with Gasteiger partial charge in [-0.2, -0.15) is 0 Å². The molecule has 5 nitrogen and oxygen atoms in total. The Kier molecular flexibility index (Phi) is 7.12. The molecule has 6 heteroatoms. The smallest absolute Gasteiger partial charge is 0.261 e. The van der Waals surface area contributed by atoms with Crippen LogP contribution >= 0.6 is 0 Å². The Bertz CT molecular complexity index is 748. The van der Waals surface area contributed by atoms with E-state index in [4.69, 9.17) is 0 Å². The van der Waals surface area contributed by atoms with Crippen molar-refractivity contribution in [3.05, 3.63) is 54.1 Å². The third-order valence-electron chi connectivity index (χ3n) is 5.06. The SMILES string of the molecule is CCN(c1ccc(NC2CCCCC2)c(NCc2ccccc2)c1)S(=O)O. The molecule has 0 radical (unpaired) electrons. The van der Waals surface area contributed by atoms with E-state index in [1.54, 1.807) is 0 Å². The summed E-state index contributed by atoms with van der Waals surface area (Å²) in [7, 11) is 0. The van der Waals surface area contributed by atoms with E-state index in [0.717, 1.165) is 17.1 Å². The largest absolute Gasteiger partial charge is 0.381 e. The molecule has 1 saturated carbocycles. The van der Waals surface area contributed by atoms with Crippen LogP contribution in [0.25, 0.3) is 0 Å². The summed E-state index contributed by atoms with van der Waals surface area (Å²) in [6, 6.07) is 16.6. The molecular formula is C21H29N3O2S. The minimum Gasteiger partial charge on any atom is -0.381 e. The molecule has 0 aliphatic heterocycles. The quantitative estimate of drug-likeness (QED) is 0.557. The Morgan fingerprint density at radius 3 is 2.48 bits per heavy atom. The topological polar surface area (TPSA) is 64.6 Å². The van der Waals surface area contributed by atoms with Gasteiger partial charge in [-0.05, 0) is 43.5 Å². The zero-order valence-corrected chi connectivity index (χ0v) is 16.7. The van der Waals surface area contributed by atoms with Gasteiger partial charge in [0.1, 0.15) is 0 Å². The summed E-state index contributed by atoms with van der Waals surface area (Å²) in [5.74, 6) is 0. The van der Waals surface area contributed by atoms with Crippen molar-refractivity contribution < 1.29 is 8.76 Å². The van der Waals surface area contributed by atoms with E-state index < -0.39 is 11.3 Å². The van der Waals surface area contributed by atoms with Gasteiger partial charge in [-0.15, -0.1) is 0 Å². The molecule has 0 aromatic heterocycles. The standard InChI is InChI=1S/C21H29N3O2S/c1-2-24(27(25)26)19-13-14-20(23-18-11-7-4-8-12-18)21(15-19)22-16-17-9-5-3-6-10-17/h3,5-6,9-10,13-15,18,22-23H,2,4,7-8,11-12,16H2,1H3,(H,25,26). The summed E-state index contributed by atoms with van der Waals surface area (Å²) in [6.07, 6.45) is 6.26. The van der Waals surface area contributed by atoms with Gasteiger partial charge in [-0.1, -0.05) is 49.6 Å². The highest BCUT2D eigenvalue weighted by Gasteiger charge is 2.17. The number of anilines is 3. The fourth-order valence-electron chi connectivity index (χ4n) is 3.60. The summed E-state index contributed by atoms with van der Waals surface area (Å²) >= 11 is -2.03. The number of hydrogen-bond acceptors (Lipinski definition) is 3. The Hall–Kier alpha value is -2.05. The monoisotopic (exact) mass is 387 g/mol. The fourth-order valence-corrected chi connectivity index (χ4v) is 4.12. The van der Waals surface area contributed by atoms with E-state index in [9.17, 15) is 8.76 Å². The minimum absolute atomic E-state index is 0.469. The maximum atomic E-state index is 11.6. The van der Waals surface area contributed by atoms with E-state index in [0.29, 0.717) is 19.1 Å². The van der Waals surface area contributed by atoms with Crippen molar-refractivity contribution in [3.63, 3.8) is 0 Å². The summed E-state index contributed by atoms with van der Waals surface area (Å²) in [5, 5.41) is 7.19. The van der Waals surface area contributed by atoms with Crippen molar-refractivity contribution in [2.45, 2.75) is 51.6 Å². The average Bonchev–Trinajstić information content (AvgIpc) is 2.69. The fraction of sp³-hybridized carbons (Fsp3) is 0.429. The molecule has 3 rings (SSSR count). The van der Waals surface area contributed by atoms with Crippen LogP contribution in [-0.2, 0) is 17.8 Å². The van der Waals surface area contributed by atoms with Crippen molar-refractivity contribution in [1.29, 1.82) is 0 Å². The van der Waals surface area contributed by atoms with E-state index in [1.807, 2.05) is 43.3 Å². The van der Waals surface area contributed by atoms with Gasteiger partial charge in [0, 0.05) is 19.1 Å². The molecule has 27 heavy (non-hydrogen) atoms. The molecular weight excluding hydrogens is 358 g/mol. The molecule has 1 atom stereocenters. The second-order valence-electron chi connectivity index (χ2n) is 6.97. The highest BCUT2D eigenvalue weighted by atomic mass is 32.2. The van der Waals surface area contributed by atoms with Crippen molar-refractivity contribution in [2.24, 2.45) is 0 Å². The molecule has 146 valence electrons.